The minimum atomic E-state index is -0.573. The van der Waals surface area contributed by atoms with E-state index in [1.165, 1.54) is 0 Å². The normalized spacial score (nSPS) is 12.9. The first-order valence-electron chi connectivity index (χ1n) is 4.68. The lowest BCUT2D eigenvalue weighted by Gasteiger charge is -2.18. The molecular weight excluding hydrogens is 188 g/mol. The number of carbonyl (C=O) groups excluding carboxylic acids is 1. The second-order valence-electron chi connectivity index (χ2n) is 2.47. The second kappa shape index (κ2) is 8.93. The van der Waals surface area contributed by atoms with Crippen molar-refractivity contribution in [2.45, 2.75) is 33.4 Å². The Balaban J connectivity index is 3.62. The fraction of sp³-hybridized carbons (Fsp3) is 0.889. The van der Waals surface area contributed by atoms with E-state index in [1.807, 2.05) is 13.8 Å². The zero-order valence-corrected chi connectivity index (χ0v) is 8.89. The highest BCUT2D eigenvalue weighted by atomic mass is 16.7. The van der Waals surface area contributed by atoms with Crippen LogP contribution >= 0.6 is 0 Å². The van der Waals surface area contributed by atoms with Crippen LogP contribution in [0.4, 0.5) is 0 Å². The van der Waals surface area contributed by atoms with Crippen molar-refractivity contribution < 1.29 is 23.7 Å². The van der Waals surface area contributed by atoms with E-state index in [4.69, 9.17) is 14.2 Å². The van der Waals surface area contributed by atoms with Gasteiger partial charge in [0.1, 0.15) is 6.61 Å². The Hall–Kier alpha value is -0.650. The van der Waals surface area contributed by atoms with Crippen LogP contribution in [0.2, 0.25) is 0 Å². The zero-order valence-electron chi connectivity index (χ0n) is 8.89. The van der Waals surface area contributed by atoms with Gasteiger partial charge in [-0.15, -0.1) is 0 Å². The van der Waals surface area contributed by atoms with Gasteiger partial charge >= 0.3 is 0 Å². The molecule has 0 radical (unpaired) electrons. The molecule has 1 unspecified atom stereocenters. The Labute approximate surface area is 84.3 Å². The van der Waals surface area contributed by atoms with Gasteiger partial charge in [0.25, 0.3) is 6.47 Å². The molecule has 0 spiro atoms. The Morgan fingerprint density at radius 2 is 1.71 bits per heavy atom. The van der Waals surface area contributed by atoms with Crippen molar-refractivity contribution >= 4 is 6.47 Å². The quantitative estimate of drug-likeness (QED) is 0.415. The molecule has 1 atom stereocenters. The molecule has 84 valence electrons. The summed E-state index contributed by atoms with van der Waals surface area (Å²) in [6.45, 7) is 7.07. The molecule has 0 N–H and O–H groups in total. The van der Waals surface area contributed by atoms with Crippen LogP contribution in [0.3, 0.4) is 0 Å². The van der Waals surface area contributed by atoms with E-state index in [1.54, 1.807) is 6.92 Å². The molecule has 0 fully saturated rings. The first-order chi connectivity index (χ1) is 6.74. The minimum Gasteiger partial charge on any atom is -0.438 e. The average Bonchev–Trinajstić information content (AvgIpc) is 2.15. The number of carbonyl (C=O) groups is 1. The third kappa shape index (κ3) is 6.82. The standard InChI is InChI=1S/C9H18O5/c1-4-11-9(12-5-2)6-13-8(3)14-7-10/h7-9H,4-6H2,1-3H3. The van der Waals surface area contributed by atoms with E-state index in [0.29, 0.717) is 19.7 Å². The number of hydrogen-bond donors (Lipinski definition) is 0. The Bertz CT molecular complexity index is 133. The summed E-state index contributed by atoms with van der Waals surface area (Å²) in [7, 11) is 0. The van der Waals surface area contributed by atoms with Gasteiger partial charge in [0.2, 0.25) is 0 Å². The maximum atomic E-state index is 9.95. The van der Waals surface area contributed by atoms with Crippen molar-refractivity contribution in [2.24, 2.45) is 0 Å². The molecule has 5 nitrogen and oxygen atoms in total. The highest BCUT2D eigenvalue weighted by Crippen LogP contribution is 1.99. The van der Waals surface area contributed by atoms with Gasteiger partial charge in [-0.2, -0.15) is 0 Å². The molecule has 0 saturated heterocycles. The largest absolute Gasteiger partial charge is 0.438 e. The lowest BCUT2D eigenvalue weighted by atomic mass is 10.6. The van der Waals surface area contributed by atoms with Gasteiger partial charge < -0.3 is 18.9 Å². The van der Waals surface area contributed by atoms with Crippen LogP contribution in [0, 0.1) is 0 Å². The molecule has 0 bridgehead atoms. The summed E-state index contributed by atoms with van der Waals surface area (Å²) >= 11 is 0. The lowest BCUT2D eigenvalue weighted by Crippen LogP contribution is -2.26. The monoisotopic (exact) mass is 206 g/mol. The van der Waals surface area contributed by atoms with Gasteiger partial charge in [-0.25, -0.2) is 0 Å². The van der Waals surface area contributed by atoms with Gasteiger partial charge in [0, 0.05) is 13.2 Å². The summed E-state index contributed by atoms with van der Waals surface area (Å²) in [5.41, 5.74) is 0. The van der Waals surface area contributed by atoms with E-state index in [-0.39, 0.29) is 6.61 Å². The maximum Gasteiger partial charge on any atom is 0.295 e. The van der Waals surface area contributed by atoms with E-state index in [9.17, 15) is 4.79 Å². The molecule has 0 aliphatic carbocycles. The molecule has 0 amide bonds. The fourth-order valence-corrected chi connectivity index (χ4v) is 0.848. The second-order valence-corrected chi connectivity index (χ2v) is 2.47. The smallest absolute Gasteiger partial charge is 0.295 e. The van der Waals surface area contributed by atoms with Gasteiger partial charge in [-0.1, -0.05) is 0 Å². The molecule has 14 heavy (non-hydrogen) atoms. The number of ether oxygens (including phenoxy) is 4. The molecule has 0 aliphatic rings. The summed E-state index contributed by atoms with van der Waals surface area (Å²) < 4.78 is 20.1. The van der Waals surface area contributed by atoms with Crippen LogP contribution in [0.1, 0.15) is 20.8 Å². The Kier molecular flexibility index (Phi) is 8.51. The number of hydrogen-bond acceptors (Lipinski definition) is 5. The van der Waals surface area contributed by atoms with Crippen LogP contribution in [-0.2, 0) is 23.7 Å². The predicted octanol–water partition coefficient (Wildman–Crippen LogP) is 0.921. The predicted molar refractivity (Wildman–Crippen MR) is 49.6 cm³/mol. The van der Waals surface area contributed by atoms with Gasteiger partial charge in [0.05, 0.1) is 0 Å². The highest BCUT2D eigenvalue weighted by Gasteiger charge is 2.10. The molecular formula is C9H18O5. The summed E-state index contributed by atoms with van der Waals surface area (Å²) in [5, 5.41) is 0. The molecule has 0 heterocycles. The molecule has 0 saturated carbocycles. The average molecular weight is 206 g/mol. The van der Waals surface area contributed by atoms with Crippen molar-refractivity contribution in [2.75, 3.05) is 19.8 Å². The van der Waals surface area contributed by atoms with Crippen molar-refractivity contribution in [1.82, 2.24) is 0 Å². The fourth-order valence-electron chi connectivity index (χ4n) is 0.848. The van der Waals surface area contributed by atoms with Crippen LogP contribution in [0.5, 0.6) is 0 Å². The van der Waals surface area contributed by atoms with Gasteiger partial charge in [-0.3, -0.25) is 4.79 Å². The highest BCUT2D eigenvalue weighted by molar-refractivity contribution is 5.37. The molecule has 0 aliphatic heterocycles. The van der Waals surface area contributed by atoms with E-state index in [2.05, 4.69) is 4.74 Å². The molecule has 0 aromatic heterocycles. The van der Waals surface area contributed by atoms with Gasteiger partial charge in [0.15, 0.2) is 12.6 Å². The van der Waals surface area contributed by atoms with E-state index < -0.39 is 12.6 Å². The Morgan fingerprint density at radius 3 is 2.14 bits per heavy atom. The third-order valence-electron chi connectivity index (χ3n) is 1.42. The van der Waals surface area contributed by atoms with E-state index >= 15 is 0 Å². The Morgan fingerprint density at radius 1 is 1.14 bits per heavy atom. The first kappa shape index (κ1) is 13.4. The first-order valence-corrected chi connectivity index (χ1v) is 4.68. The third-order valence-corrected chi connectivity index (χ3v) is 1.42. The molecule has 5 heteroatoms. The van der Waals surface area contributed by atoms with Crippen molar-refractivity contribution in [1.29, 1.82) is 0 Å². The van der Waals surface area contributed by atoms with Crippen molar-refractivity contribution in [3.05, 3.63) is 0 Å². The maximum absolute atomic E-state index is 9.95. The van der Waals surface area contributed by atoms with Crippen molar-refractivity contribution in [3.8, 4) is 0 Å². The SMILES string of the molecule is CCOC(COC(C)OC=O)OCC. The lowest BCUT2D eigenvalue weighted by molar-refractivity contribution is -0.207. The van der Waals surface area contributed by atoms with Crippen LogP contribution < -0.4 is 0 Å². The zero-order chi connectivity index (χ0) is 10.8. The van der Waals surface area contributed by atoms with E-state index in [0.717, 1.165) is 0 Å². The number of rotatable bonds is 9. The molecule has 0 aromatic rings. The summed E-state index contributed by atoms with van der Waals surface area (Å²) in [6, 6.07) is 0. The van der Waals surface area contributed by atoms with Gasteiger partial charge in [-0.05, 0) is 20.8 Å². The molecule has 0 aromatic carbocycles. The molecule has 0 rings (SSSR count). The van der Waals surface area contributed by atoms with Crippen LogP contribution in [-0.4, -0.2) is 38.9 Å². The summed E-state index contributed by atoms with van der Waals surface area (Å²) in [6.07, 6.45) is -0.974. The summed E-state index contributed by atoms with van der Waals surface area (Å²) in [4.78, 5) is 9.95. The van der Waals surface area contributed by atoms with Crippen LogP contribution in [0.15, 0.2) is 0 Å². The van der Waals surface area contributed by atoms with Crippen LogP contribution in [0.25, 0.3) is 0 Å². The summed E-state index contributed by atoms with van der Waals surface area (Å²) in [5.74, 6) is 0. The van der Waals surface area contributed by atoms with Crippen molar-refractivity contribution in [3.63, 3.8) is 0 Å². The topological polar surface area (TPSA) is 54.0 Å². The minimum absolute atomic E-state index is 0.247.